The van der Waals surface area contributed by atoms with Gasteiger partial charge in [-0.2, -0.15) is 0 Å². The molecule has 1 N–H and O–H groups in total. The lowest BCUT2D eigenvalue weighted by Gasteiger charge is -2.30. The van der Waals surface area contributed by atoms with Crippen LogP contribution in [0.2, 0.25) is 0 Å². The van der Waals surface area contributed by atoms with E-state index < -0.39 is 0 Å². The third-order valence-electron chi connectivity index (χ3n) is 4.23. The summed E-state index contributed by atoms with van der Waals surface area (Å²) >= 11 is 0. The van der Waals surface area contributed by atoms with Gasteiger partial charge in [0.25, 0.3) is 0 Å². The summed E-state index contributed by atoms with van der Waals surface area (Å²) in [4.78, 5) is 2.57. The van der Waals surface area contributed by atoms with Crippen LogP contribution in [0.4, 0.5) is 0 Å². The average Bonchev–Trinajstić information content (AvgIpc) is 2.49. The molecular formula is C17H28N2O. The molecule has 1 fully saturated rings. The first-order valence-corrected chi connectivity index (χ1v) is 7.79. The molecule has 1 saturated heterocycles. The number of hydrogen-bond acceptors (Lipinski definition) is 3. The van der Waals surface area contributed by atoms with Gasteiger partial charge in [0, 0.05) is 20.2 Å². The summed E-state index contributed by atoms with van der Waals surface area (Å²) in [6.45, 7) is 7.75. The van der Waals surface area contributed by atoms with E-state index in [-0.39, 0.29) is 0 Å². The summed E-state index contributed by atoms with van der Waals surface area (Å²) in [5.74, 6) is 0.907. The molecule has 20 heavy (non-hydrogen) atoms. The van der Waals surface area contributed by atoms with Crippen molar-refractivity contribution < 1.29 is 4.74 Å². The maximum absolute atomic E-state index is 5.34. The van der Waals surface area contributed by atoms with Gasteiger partial charge in [0.15, 0.2) is 0 Å². The van der Waals surface area contributed by atoms with E-state index in [2.05, 4.69) is 47.5 Å². The zero-order chi connectivity index (χ0) is 14.2. The second-order valence-electron chi connectivity index (χ2n) is 5.90. The molecule has 0 aromatic heterocycles. The lowest BCUT2D eigenvalue weighted by atomic mass is 9.99. The van der Waals surface area contributed by atoms with Crippen molar-refractivity contribution >= 4 is 0 Å². The summed E-state index contributed by atoms with van der Waals surface area (Å²) in [6, 6.07) is 10.9. The summed E-state index contributed by atoms with van der Waals surface area (Å²) in [5, 5.41) is 3.63. The fourth-order valence-corrected chi connectivity index (χ4v) is 2.81. The summed E-state index contributed by atoms with van der Waals surface area (Å²) in [7, 11) is 1.77. The van der Waals surface area contributed by atoms with E-state index >= 15 is 0 Å². The third-order valence-corrected chi connectivity index (χ3v) is 4.23. The topological polar surface area (TPSA) is 24.5 Å². The monoisotopic (exact) mass is 276 g/mol. The molecule has 3 nitrogen and oxygen atoms in total. The Morgan fingerprint density at radius 1 is 1.25 bits per heavy atom. The van der Waals surface area contributed by atoms with Gasteiger partial charge in [-0.25, -0.2) is 0 Å². The lowest BCUT2D eigenvalue weighted by Crippen LogP contribution is -2.39. The molecule has 112 valence electrons. The van der Waals surface area contributed by atoms with Gasteiger partial charge < -0.3 is 15.0 Å². The smallest absolute Gasteiger partial charge is 0.0657 e. The second kappa shape index (κ2) is 8.40. The number of hydrogen-bond donors (Lipinski definition) is 1. The molecule has 0 bridgehead atoms. The fourth-order valence-electron chi connectivity index (χ4n) is 2.81. The molecule has 0 amide bonds. The van der Waals surface area contributed by atoms with Gasteiger partial charge in [0.05, 0.1) is 12.6 Å². The Morgan fingerprint density at radius 3 is 2.60 bits per heavy atom. The van der Waals surface area contributed by atoms with Gasteiger partial charge in [0.1, 0.15) is 0 Å². The minimum Gasteiger partial charge on any atom is -0.383 e. The Bertz CT molecular complexity index is 361. The molecule has 1 aliphatic rings. The summed E-state index contributed by atoms with van der Waals surface area (Å²) < 4.78 is 5.34. The average molecular weight is 276 g/mol. The highest BCUT2D eigenvalue weighted by atomic mass is 16.5. The van der Waals surface area contributed by atoms with E-state index in [0.29, 0.717) is 6.04 Å². The largest absolute Gasteiger partial charge is 0.383 e. The number of ether oxygens (including phenoxy) is 1. The predicted octanol–water partition coefficient (Wildman–Crippen LogP) is 2.70. The SMILES string of the molecule is COCC(NCCN1CCC(C)CC1)c1ccccc1. The quantitative estimate of drug-likeness (QED) is 0.828. The third kappa shape index (κ3) is 4.89. The Labute approximate surface area is 123 Å². The Morgan fingerprint density at radius 2 is 1.95 bits per heavy atom. The van der Waals surface area contributed by atoms with Crippen molar-refractivity contribution in [2.45, 2.75) is 25.8 Å². The minimum atomic E-state index is 0.296. The normalized spacial score (nSPS) is 19.1. The van der Waals surface area contributed by atoms with Crippen molar-refractivity contribution in [2.24, 2.45) is 5.92 Å². The Hall–Kier alpha value is -0.900. The number of rotatable bonds is 7. The molecule has 2 rings (SSSR count). The van der Waals surface area contributed by atoms with Crippen LogP contribution in [0, 0.1) is 5.92 Å². The standard InChI is InChI=1S/C17H28N2O/c1-15-8-11-19(12-9-15)13-10-18-17(14-20-2)16-6-4-3-5-7-16/h3-7,15,17-18H,8-14H2,1-2H3. The molecule has 3 heteroatoms. The highest BCUT2D eigenvalue weighted by Crippen LogP contribution is 2.16. The van der Waals surface area contributed by atoms with Crippen molar-refractivity contribution in [3.63, 3.8) is 0 Å². The van der Waals surface area contributed by atoms with Gasteiger partial charge >= 0.3 is 0 Å². The zero-order valence-electron chi connectivity index (χ0n) is 12.8. The summed E-state index contributed by atoms with van der Waals surface area (Å²) in [6.07, 6.45) is 2.69. The fraction of sp³-hybridized carbons (Fsp3) is 0.647. The zero-order valence-corrected chi connectivity index (χ0v) is 12.8. The van der Waals surface area contributed by atoms with Crippen LogP contribution in [0.3, 0.4) is 0 Å². The number of likely N-dealkylation sites (tertiary alicyclic amines) is 1. The first-order valence-electron chi connectivity index (χ1n) is 7.79. The number of nitrogens with one attached hydrogen (secondary N) is 1. The van der Waals surface area contributed by atoms with Crippen LogP contribution in [-0.4, -0.2) is 44.8 Å². The van der Waals surface area contributed by atoms with Gasteiger partial charge in [-0.05, 0) is 37.4 Å². The molecule has 0 spiro atoms. The van der Waals surface area contributed by atoms with E-state index in [1.807, 2.05) is 0 Å². The number of piperidine rings is 1. The van der Waals surface area contributed by atoms with Crippen LogP contribution < -0.4 is 5.32 Å². The summed E-state index contributed by atoms with van der Waals surface area (Å²) in [5.41, 5.74) is 1.31. The van der Waals surface area contributed by atoms with Gasteiger partial charge in [0.2, 0.25) is 0 Å². The van der Waals surface area contributed by atoms with Crippen LogP contribution in [0.5, 0.6) is 0 Å². The Balaban J connectivity index is 1.75. The van der Waals surface area contributed by atoms with E-state index in [1.54, 1.807) is 7.11 Å². The molecular weight excluding hydrogens is 248 g/mol. The maximum Gasteiger partial charge on any atom is 0.0657 e. The van der Waals surface area contributed by atoms with Crippen molar-refractivity contribution in [1.82, 2.24) is 10.2 Å². The molecule has 1 aliphatic heterocycles. The van der Waals surface area contributed by atoms with Gasteiger partial charge in [-0.3, -0.25) is 0 Å². The molecule has 0 aliphatic carbocycles. The van der Waals surface area contributed by atoms with Crippen LogP contribution >= 0.6 is 0 Å². The van der Waals surface area contributed by atoms with Crippen molar-refractivity contribution in [3.05, 3.63) is 35.9 Å². The van der Waals surface area contributed by atoms with Gasteiger partial charge in [-0.15, -0.1) is 0 Å². The van der Waals surface area contributed by atoms with E-state index in [1.165, 1.54) is 31.5 Å². The second-order valence-corrected chi connectivity index (χ2v) is 5.90. The molecule has 0 saturated carbocycles. The van der Waals surface area contributed by atoms with Crippen LogP contribution in [0.25, 0.3) is 0 Å². The molecule has 1 heterocycles. The molecule has 1 unspecified atom stereocenters. The van der Waals surface area contributed by atoms with Crippen LogP contribution in [0.15, 0.2) is 30.3 Å². The lowest BCUT2D eigenvalue weighted by molar-refractivity contribution is 0.157. The van der Waals surface area contributed by atoms with Crippen molar-refractivity contribution in [1.29, 1.82) is 0 Å². The number of benzene rings is 1. The van der Waals surface area contributed by atoms with Crippen LogP contribution in [-0.2, 0) is 4.74 Å². The molecule has 1 atom stereocenters. The first kappa shape index (κ1) is 15.5. The van der Waals surface area contributed by atoms with E-state index in [9.17, 15) is 0 Å². The van der Waals surface area contributed by atoms with Crippen molar-refractivity contribution in [2.75, 3.05) is 39.9 Å². The predicted molar refractivity (Wildman–Crippen MR) is 83.9 cm³/mol. The first-order chi connectivity index (χ1) is 9.79. The highest BCUT2D eigenvalue weighted by Gasteiger charge is 2.16. The number of methoxy groups -OCH3 is 1. The van der Waals surface area contributed by atoms with E-state index in [0.717, 1.165) is 25.6 Å². The van der Waals surface area contributed by atoms with Crippen LogP contribution in [0.1, 0.15) is 31.4 Å². The molecule has 1 aromatic carbocycles. The number of nitrogens with zero attached hydrogens (tertiary/aromatic N) is 1. The van der Waals surface area contributed by atoms with Crippen molar-refractivity contribution in [3.8, 4) is 0 Å². The highest BCUT2D eigenvalue weighted by molar-refractivity contribution is 5.18. The minimum absolute atomic E-state index is 0.296. The maximum atomic E-state index is 5.34. The van der Waals surface area contributed by atoms with Gasteiger partial charge in [-0.1, -0.05) is 37.3 Å². The molecule has 0 radical (unpaired) electrons. The van der Waals surface area contributed by atoms with E-state index in [4.69, 9.17) is 4.74 Å². The molecule has 1 aromatic rings. The Kier molecular flexibility index (Phi) is 6.51.